The zero-order valence-corrected chi connectivity index (χ0v) is 15.3. The highest BCUT2D eigenvalue weighted by Gasteiger charge is 2.13. The van der Waals surface area contributed by atoms with Gasteiger partial charge in [-0.15, -0.1) is 16.8 Å². The largest absolute Gasteiger partial charge is 0.483 e. The lowest BCUT2D eigenvalue weighted by Gasteiger charge is -2.09. The van der Waals surface area contributed by atoms with E-state index in [1.165, 1.54) is 17.8 Å². The topological polar surface area (TPSA) is 63.7 Å². The van der Waals surface area contributed by atoms with E-state index in [4.69, 9.17) is 10.00 Å². The highest BCUT2D eigenvalue weighted by molar-refractivity contribution is 7.98. The van der Waals surface area contributed by atoms with Gasteiger partial charge in [0.25, 0.3) is 0 Å². The number of para-hydroxylation sites is 1. The van der Waals surface area contributed by atoms with E-state index >= 15 is 0 Å². The Labute approximate surface area is 161 Å². The molecule has 3 aromatic rings. The Bertz CT molecular complexity index is 980. The Kier molecular flexibility index (Phi) is 6.23. The van der Waals surface area contributed by atoms with Crippen molar-refractivity contribution in [2.75, 3.05) is 0 Å². The van der Waals surface area contributed by atoms with Gasteiger partial charge in [-0.2, -0.15) is 5.26 Å². The molecule has 2 aromatic carbocycles. The molecule has 0 spiro atoms. The Morgan fingerprint density at radius 1 is 1.22 bits per heavy atom. The van der Waals surface area contributed by atoms with Crippen LogP contribution in [0.5, 0.6) is 5.75 Å². The van der Waals surface area contributed by atoms with Crippen LogP contribution in [0.2, 0.25) is 0 Å². The van der Waals surface area contributed by atoms with E-state index in [9.17, 15) is 4.39 Å². The zero-order chi connectivity index (χ0) is 19.1. The van der Waals surface area contributed by atoms with E-state index in [0.29, 0.717) is 28.8 Å². The summed E-state index contributed by atoms with van der Waals surface area (Å²) in [5.41, 5.74) is 1.65. The van der Waals surface area contributed by atoms with Gasteiger partial charge in [0.1, 0.15) is 6.61 Å². The van der Waals surface area contributed by atoms with E-state index in [0.717, 1.165) is 5.56 Å². The molecular formula is C20H17FN4OS. The molecule has 0 amide bonds. The van der Waals surface area contributed by atoms with Crippen molar-refractivity contribution in [2.24, 2.45) is 0 Å². The number of ether oxygens (including phenoxy) is 1. The molecule has 0 N–H and O–H groups in total. The van der Waals surface area contributed by atoms with Crippen molar-refractivity contribution in [1.29, 1.82) is 5.26 Å². The van der Waals surface area contributed by atoms with E-state index in [2.05, 4.69) is 22.8 Å². The first kappa shape index (κ1) is 18.7. The summed E-state index contributed by atoms with van der Waals surface area (Å²) in [6.45, 7) is 4.39. The van der Waals surface area contributed by atoms with Crippen LogP contribution in [0.3, 0.4) is 0 Å². The van der Waals surface area contributed by atoms with Gasteiger partial charge in [0.2, 0.25) is 0 Å². The summed E-state index contributed by atoms with van der Waals surface area (Å²) in [7, 11) is 0. The van der Waals surface area contributed by atoms with Crippen molar-refractivity contribution in [3.05, 3.63) is 84.0 Å². The molecule has 0 saturated heterocycles. The first-order chi connectivity index (χ1) is 13.2. The maximum atomic E-state index is 13.7. The molecule has 0 aliphatic carbocycles. The monoisotopic (exact) mass is 380 g/mol. The van der Waals surface area contributed by atoms with Crippen LogP contribution in [0.1, 0.15) is 17.0 Å². The summed E-state index contributed by atoms with van der Waals surface area (Å²) < 4.78 is 21.1. The molecular weight excluding hydrogens is 363 g/mol. The van der Waals surface area contributed by atoms with E-state index in [1.807, 2.05) is 22.8 Å². The first-order valence-electron chi connectivity index (χ1n) is 8.23. The Morgan fingerprint density at radius 3 is 2.85 bits per heavy atom. The zero-order valence-electron chi connectivity index (χ0n) is 14.5. The van der Waals surface area contributed by atoms with Gasteiger partial charge >= 0.3 is 0 Å². The van der Waals surface area contributed by atoms with Crippen LogP contribution in [0.15, 0.2) is 66.3 Å². The second kappa shape index (κ2) is 9.01. The van der Waals surface area contributed by atoms with Gasteiger partial charge in [-0.05, 0) is 29.8 Å². The molecule has 0 unspecified atom stereocenters. The molecule has 1 aromatic heterocycles. The van der Waals surface area contributed by atoms with Crippen molar-refractivity contribution in [3.8, 4) is 11.8 Å². The summed E-state index contributed by atoms with van der Waals surface area (Å²) in [6.07, 6.45) is 1.75. The standard InChI is InChI=1S/C20H17FN4OS/c1-2-10-25-19(13-26-18-9-4-3-8-17(18)21)23-24-20(25)27-14-16-7-5-6-15(11-16)12-22/h2-9,11H,1,10,13-14H2. The van der Waals surface area contributed by atoms with E-state index in [-0.39, 0.29) is 12.4 Å². The van der Waals surface area contributed by atoms with E-state index in [1.54, 1.807) is 30.3 Å². The van der Waals surface area contributed by atoms with Crippen LogP contribution in [0.4, 0.5) is 4.39 Å². The van der Waals surface area contributed by atoms with Gasteiger partial charge in [0.15, 0.2) is 22.5 Å². The molecule has 0 fully saturated rings. The molecule has 0 bridgehead atoms. The number of thioether (sulfide) groups is 1. The Hall–Kier alpha value is -3.11. The average Bonchev–Trinajstić information content (AvgIpc) is 3.08. The smallest absolute Gasteiger partial charge is 0.191 e. The van der Waals surface area contributed by atoms with Crippen molar-refractivity contribution in [2.45, 2.75) is 24.1 Å². The molecule has 0 radical (unpaired) electrons. The highest BCUT2D eigenvalue weighted by Crippen LogP contribution is 2.23. The van der Waals surface area contributed by atoms with Gasteiger partial charge in [-0.1, -0.05) is 42.1 Å². The molecule has 0 saturated carbocycles. The quantitative estimate of drug-likeness (QED) is 0.429. The molecule has 3 rings (SSSR count). The second-order valence-corrected chi connectivity index (χ2v) is 6.56. The van der Waals surface area contributed by atoms with Crippen LogP contribution < -0.4 is 4.74 Å². The maximum absolute atomic E-state index is 13.7. The average molecular weight is 380 g/mol. The minimum atomic E-state index is -0.417. The summed E-state index contributed by atoms with van der Waals surface area (Å²) in [5.74, 6) is 0.998. The van der Waals surface area contributed by atoms with Gasteiger partial charge in [0, 0.05) is 12.3 Å². The molecule has 27 heavy (non-hydrogen) atoms. The lowest BCUT2D eigenvalue weighted by molar-refractivity contribution is 0.275. The fourth-order valence-electron chi connectivity index (χ4n) is 2.43. The van der Waals surface area contributed by atoms with Gasteiger partial charge in [0.05, 0.1) is 11.6 Å². The number of rotatable bonds is 8. The van der Waals surface area contributed by atoms with E-state index < -0.39 is 5.82 Å². The summed E-state index contributed by atoms with van der Waals surface area (Å²) in [5, 5.41) is 18.1. The first-order valence-corrected chi connectivity index (χ1v) is 9.22. The van der Waals surface area contributed by atoms with Crippen molar-refractivity contribution in [3.63, 3.8) is 0 Å². The molecule has 0 aliphatic heterocycles. The van der Waals surface area contributed by atoms with Crippen molar-refractivity contribution in [1.82, 2.24) is 14.8 Å². The molecule has 0 atom stereocenters. The molecule has 7 heteroatoms. The van der Waals surface area contributed by atoms with Crippen molar-refractivity contribution >= 4 is 11.8 Å². The molecule has 136 valence electrons. The lowest BCUT2D eigenvalue weighted by Crippen LogP contribution is -2.08. The van der Waals surface area contributed by atoms with Crippen LogP contribution in [-0.4, -0.2) is 14.8 Å². The summed E-state index contributed by atoms with van der Waals surface area (Å²) in [4.78, 5) is 0. The predicted octanol–water partition coefficient (Wildman–Crippen LogP) is 4.35. The highest BCUT2D eigenvalue weighted by atomic mass is 32.2. The summed E-state index contributed by atoms with van der Waals surface area (Å²) >= 11 is 1.51. The number of allylic oxidation sites excluding steroid dienone is 1. The number of aromatic nitrogens is 3. The fourth-order valence-corrected chi connectivity index (χ4v) is 3.34. The third-order valence-electron chi connectivity index (χ3n) is 3.72. The van der Waals surface area contributed by atoms with Gasteiger partial charge < -0.3 is 4.74 Å². The molecule has 5 nitrogen and oxygen atoms in total. The van der Waals surface area contributed by atoms with Crippen molar-refractivity contribution < 1.29 is 9.13 Å². The Morgan fingerprint density at radius 2 is 2.07 bits per heavy atom. The number of hydrogen-bond donors (Lipinski definition) is 0. The van der Waals surface area contributed by atoms with Crippen LogP contribution in [-0.2, 0) is 18.9 Å². The second-order valence-electron chi connectivity index (χ2n) is 5.62. The third-order valence-corrected chi connectivity index (χ3v) is 4.76. The normalized spacial score (nSPS) is 10.4. The Balaban J connectivity index is 1.71. The van der Waals surface area contributed by atoms with Gasteiger partial charge in [-0.25, -0.2) is 4.39 Å². The van der Waals surface area contributed by atoms with Crippen LogP contribution >= 0.6 is 11.8 Å². The SMILES string of the molecule is C=CCn1c(COc2ccccc2F)nnc1SCc1cccc(C#N)c1. The number of hydrogen-bond acceptors (Lipinski definition) is 5. The minimum absolute atomic E-state index is 0.103. The van der Waals surface area contributed by atoms with Gasteiger partial charge in [-0.3, -0.25) is 4.57 Å². The number of nitrogens with zero attached hydrogens (tertiary/aromatic N) is 4. The maximum Gasteiger partial charge on any atom is 0.191 e. The fraction of sp³-hybridized carbons (Fsp3) is 0.150. The predicted molar refractivity (Wildman–Crippen MR) is 102 cm³/mol. The number of nitriles is 1. The summed E-state index contributed by atoms with van der Waals surface area (Å²) in [6, 6.07) is 15.8. The van der Waals surface area contributed by atoms with Crippen LogP contribution in [0.25, 0.3) is 0 Å². The third kappa shape index (κ3) is 4.74. The minimum Gasteiger partial charge on any atom is -0.483 e. The molecule has 1 heterocycles. The lowest BCUT2D eigenvalue weighted by atomic mass is 10.2. The van der Waals surface area contributed by atoms with Crippen LogP contribution in [0, 0.1) is 17.1 Å². The number of benzene rings is 2. The number of halogens is 1. The molecule has 0 aliphatic rings.